The van der Waals surface area contributed by atoms with Gasteiger partial charge in [0.15, 0.2) is 5.92 Å². The first-order valence-corrected chi connectivity index (χ1v) is 3.89. The molecule has 0 radical (unpaired) electrons. The zero-order valence-corrected chi connectivity index (χ0v) is 7.36. The van der Waals surface area contributed by atoms with Gasteiger partial charge in [-0.3, -0.25) is 14.9 Å². The van der Waals surface area contributed by atoms with Crippen LogP contribution >= 0.6 is 0 Å². The van der Waals surface area contributed by atoms with Gasteiger partial charge in [0.25, 0.3) is 0 Å². The molecule has 2 atom stereocenters. The highest BCUT2D eigenvalue weighted by molar-refractivity contribution is 5.89. The van der Waals surface area contributed by atoms with Crippen molar-refractivity contribution >= 4 is 11.9 Å². The van der Waals surface area contributed by atoms with Crippen LogP contribution in [0.25, 0.3) is 0 Å². The molecule has 0 heterocycles. The molecule has 0 saturated carbocycles. The van der Waals surface area contributed by atoms with Gasteiger partial charge >= 0.3 is 17.5 Å². The number of carboxylic acids is 2. The highest BCUT2D eigenvalue weighted by Crippen LogP contribution is 2.28. The number of aliphatic carboxylic acids is 2. The summed E-state index contributed by atoms with van der Waals surface area (Å²) >= 11 is 0. The molecule has 2 unspecified atom stereocenters. The molecule has 0 spiro atoms. The van der Waals surface area contributed by atoms with Crippen molar-refractivity contribution in [3.8, 4) is 0 Å². The summed E-state index contributed by atoms with van der Waals surface area (Å²) in [4.78, 5) is 31.2. The fourth-order valence-electron chi connectivity index (χ4n) is 1.36. The van der Waals surface area contributed by atoms with E-state index in [1.54, 1.807) is 0 Å². The maximum Gasteiger partial charge on any atom is 0.388 e. The van der Waals surface area contributed by atoms with Crippen LogP contribution in [0.1, 0.15) is 0 Å². The third-order valence-electron chi connectivity index (χ3n) is 2.15. The molecule has 0 aromatic heterocycles. The molecule has 0 aromatic rings. The average molecular weight is 213 g/mol. The van der Waals surface area contributed by atoms with Crippen LogP contribution in [0.5, 0.6) is 0 Å². The van der Waals surface area contributed by atoms with Gasteiger partial charge in [0, 0.05) is 11.0 Å². The molecule has 1 aliphatic carbocycles. The Morgan fingerprint density at radius 3 is 2.27 bits per heavy atom. The molecule has 1 aliphatic rings. The lowest BCUT2D eigenvalue weighted by Crippen LogP contribution is -2.53. The van der Waals surface area contributed by atoms with Crippen LogP contribution in [0.3, 0.4) is 0 Å². The van der Waals surface area contributed by atoms with Crippen molar-refractivity contribution in [2.45, 2.75) is 5.54 Å². The smallest absolute Gasteiger partial charge is 0.388 e. The number of rotatable bonds is 3. The summed E-state index contributed by atoms with van der Waals surface area (Å²) in [5.41, 5.74) is -2.61. The zero-order valence-electron chi connectivity index (χ0n) is 7.36. The Hall–Kier alpha value is -2.18. The summed E-state index contributed by atoms with van der Waals surface area (Å²) in [6.45, 7) is 0. The average Bonchev–Trinajstić information content (AvgIpc) is 2.16. The Labute approximate surface area is 83.5 Å². The molecule has 0 saturated heterocycles. The number of hydrogen-bond acceptors (Lipinski definition) is 4. The van der Waals surface area contributed by atoms with E-state index in [1.165, 1.54) is 6.08 Å². The van der Waals surface area contributed by atoms with Crippen molar-refractivity contribution in [3.63, 3.8) is 0 Å². The van der Waals surface area contributed by atoms with Gasteiger partial charge in [0.05, 0.1) is 0 Å². The van der Waals surface area contributed by atoms with Gasteiger partial charge in [0.2, 0.25) is 0 Å². The van der Waals surface area contributed by atoms with Crippen LogP contribution in [-0.4, -0.2) is 32.6 Å². The predicted octanol–water partition coefficient (Wildman–Crippen LogP) is -0.0867. The standard InChI is InChI=1S/C8H7NO6/c10-6(11)5-3-1-2-4-8(5,7(12)13)9(14)15/h1-5H,(H,10,11)(H,12,13). The molecule has 7 heteroatoms. The van der Waals surface area contributed by atoms with Gasteiger partial charge in [0.1, 0.15) is 0 Å². The van der Waals surface area contributed by atoms with E-state index in [-0.39, 0.29) is 0 Å². The van der Waals surface area contributed by atoms with Gasteiger partial charge < -0.3 is 10.2 Å². The van der Waals surface area contributed by atoms with Gasteiger partial charge in [-0.05, 0) is 0 Å². The van der Waals surface area contributed by atoms with E-state index >= 15 is 0 Å². The molecule has 0 amide bonds. The molecule has 0 bridgehead atoms. The van der Waals surface area contributed by atoms with Gasteiger partial charge in [-0.15, -0.1) is 0 Å². The summed E-state index contributed by atoms with van der Waals surface area (Å²) < 4.78 is 0. The lowest BCUT2D eigenvalue weighted by Gasteiger charge is -2.23. The minimum Gasteiger partial charge on any atom is -0.481 e. The minimum absolute atomic E-state index is 0.772. The SMILES string of the molecule is O=C(O)C1C=CC=CC1(C(=O)O)[N+](=O)[O-]. The summed E-state index contributed by atoms with van der Waals surface area (Å²) in [7, 11) is 0. The van der Waals surface area contributed by atoms with E-state index in [0.717, 1.165) is 18.2 Å². The summed E-state index contributed by atoms with van der Waals surface area (Å²) in [5.74, 6) is -5.04. The first kappa shape index (κ1) is 10.9. The molecule has 15 heavy (non-hydrogen) atoms. The Balaban J connectivity index is 3.32. The van der Waals surface area contributed by atoms with Crippen LogP contribution in [0.4, 0.5) is 0 Å². The predicted molar refractivity (Wildman–Crippen MR) is 46.8 cm³/mol. The van der Waals surface area contributed by atoms with Gasteiger partial charge in [-0.1, -0.05) is 18.2 Å². The fourth-order valence-corrected chi connectivity index (χ4v) is 1.36. The number of hydrogen-bond donors (Lipinski definition) is 2. The molecule has 0 aromatic carbocycles. The fraction of sp³-hybridized carbons (Fsp3) is 0.250. The van der Waals surface area contributed by atoms with Crippen LogP contribution in [-0.2, 0) is 9.59 Å². The van der Waals surface area contributed by atoms with E-state index in [1.807, 2.05) is 0 Å². The van der Waals surface area contributed by atoms with Crippen molar-refractivity contribution in [3.05, 3.63) is 34.4 Å². The monoisotopic (exact) mass is 213 g/mol. The van der Waals surface area contributed by atoms with E-state index < -0.39 is 28.3 Å². The molecule has 80 valence electrons. The third kappa shape index (κ3) is 1.47. The number of nitro groups is 1. The van der Waals surface area contributed by atoms with Gasteiger partial charge in [-0.2, -0.15) is 0 Å². The quantitative estimate of drug-likeness (QED) is 0.499. The largest absolute Gasteiger partial charge is 0.481 e. The van der Waals surface area contributed by atoms with Crippen molar-refractivity contribution in [2.75, 3.05) is 0 Å². The van der Waals surface area contributed by atoms with E-state index in [0.29, 0.717) is 0 Å². The maximum absolute atomic E-state index is 10.8. The molecular formula is C8H7NO6. The van der Waals surface area contributed by atoms with Gasteiger partial charge in [-0.25, -0.2) is 4.79 Å². The second-order valence-electron chi connectivity index (χ2n) is 2.95. The van der Waals surface area contributed by atoms with Crippen molar-refractivity contribution < 1.29 is 24.7 Å². The van der Waals surface area contributed by atoms with Crippen LogP contribution in [0.15, 0.2) is 24.3 Å². The Morgan fingerprint density at radius 1 is 1.33 bits per heavy atom. The molecule has 7 nitrogen and oxygen atoms in total. The highest BCUT2D eigenvalue weighted by Gasteiger charge is 2.59. The topological polar surface area (TPSA) is 118 Å². The molecule has 0 aliphatic heterocycles. The molecule has 1 rings (SSSR count). The van der Waals surface area contributed by atoms with E-state index in [4.69, 9.17) is 10.2 Å². The second kappa shape index (κ2) is 3.52. The van der Waals surface area contributed by atoms with Crippen LogP contribution in [0, 0.1) is 16.0 Å². The summed E-state index contributed by atoms with van der Waals surface area (Å²) in [5, 5.41) is 28.2. The van der Waals surface area contributed by atoms with Crippen LogP contribution in [0.2, 0.25) is 0 Å². The summed E-state index contributed by atoms with van der Waals surface area (Å²) in [6, 6.07) is 0. The van der Waals surface area contributed by atoms with Crippen molar-refractivity contribution in [2.24, 2.45) is 5.92 Å². The first-order chi connectivity index (χ1) is 6.93. The number of carbonyl (C=O) groups is 2. The highest BCUT2D eigenvalue weighted by atomic mass is 16.6. The Morgan fingerprint density at radius 2 is 1.93 bits per heavy atom. The lowest BCUT2D eigenvalue weighted by atomic mass is 9.81. The zero-order chi connectivity index (χ0) is 11.6. The minimum atomic E-state index is -2.61. The molecular weight excluding hydrogens is 206 g/mol. The maximum atomic E-state index is 10.8. The normalized spacial score (nSPS) is 28.7. The Kier molecular flexibility index (Phi) is 2.56. The first-order valence-electron chi connectivity index (χ1n) is 3.89. The van der Waals surface area contributed by atoms with E-state index in [2.05, 4.69) is 0 Å². The van der Waals surface area contributed by atoms with E-state index in [9.17, 15) is 19.7 Å². The number of nitrogens with zero attached hydrogens (tertiary/aromatic N) is 1. The molecule has 0 fully saturated rings. The Bertz CT molecular complexity index is 369. The van der Waals surface area contributed by atoms with Crippen LogP contribution < -0.4 is 0 Å². The second-order valence-corrected chi connectivity index (χ2v) is 2.95. The number of allylic oxidation sites excluding steroid dienone is 2. The third-order valence-corrected chi connectivity index (χ3v) is 2.15. The van der Waals surface area contributed by atoms with Crippen molar-refractivity contribution in [1.29, 1.82) is 0 Å². The number of carboxylic acid groups (broad SMARTS) is 2. The molecule has 2 N–H and O–H groups in total. The lowest BCUT2D eigenvalue weighted by molar-refractivity contribution is -0.546. The summed E-state index contributed by atoms with van der Waals surface area (Å²) in [6.07, 6.45) is 4.17. The van der Waals surface area contributed by atoms with Crippen molar-refractivity contribution in [1.82, 2.24) is 0 Å².